The van der Waals surface area contributed by atoms with Gasteiger partial charge in [-0.05, 0) is 37.7 Å². The van der Waals surface area contributed by atoms with Crippen molar-refractivity contribution in [1.82, 2.24) is 10.2 Å². The van der Waals surface area contributed by atoms with E-state index in [-0.39, 0.29) is 5.91 Å². The summed E-state index contributed by atoms with van der Waals surface area (Å²) >= 11 is 0. The molecule has 1 aliphatic heterocycles. The SMILES string of the molecule is O=C(NCC1CCN(C(=O)C2CCC2)CC1)c1ccoc1. The Balaban J connectivity index is 1.39. The number of hydrogen-bond donors (Lipinski definition) is 1. The molecule has 1 saturated carbocycles. The number of furan rings is 1. The molecule has 0 unspecified atom stereocenters. The van der Waals surface area contributed by atoms with Crippen LogP contribution in [0.3, 0.4) is 0 Å². The molecular formula is C16H22N2O3. The number of piperidine rings is 1. The zero-order valence-electron chi connectivity index (χ0n) is 12.2. The van der Waals surface area contributed by atoms with E-state index in [1.54, 1.807) is 6.07 Å². The number of nitrogens with zero attached hydrogens (tertiary/aromatic N) is 1. The van der Waals surface area contributed by atoms with E-state index >= 15 is 0 Å². The van der Waals surface area contributed by atoms with Crippen LogP contribution >= 0.6 is 0 Å². The highest BCUT2D eigenvalue weighted by atomic mass is 16.3. The lowest BCUT2D eigenvalue weighted by Gasteiger charge is -2.36. The molecule has 114 valence electrons. The molecule has 21 heavy (non-hydrogen) atoms. The molecule has 5 heteroatoms. The maximum absolute atomic E-state index is 12.2. The van der Waals surface area contributed by atoms with Gasteiger partial charge in [0.05, 0.1) is 11.8 Å². The quantitative estimate of drug-likeness (QED) is 0.923. The van der Waals surface area contributed by atoms with Crippen molar-refractivity contribution in [2.24, 2.45) is 11.8 Å². The fraction of sp³-hybridized carbons (Fsp3) is 0.625. The molecule has 2 amide bonds. The van der Waals surface area contributed by atoms with Crippen molar-refractivity contribution in [3.8, 4) is 0 Å². The summed E-state index contributed by atoms with van der Waals surface area (Å²) in [5, 5.41) is 2.94. The third-order valence-corrected chi connectivity index (χ3v) is 4.72. The van der Waals surface area contributed by atoms with Gasteiger partial charge in [-0.15, -0.1) is 0 Å². The minimum absolute atomic E-state index is 0.0864. The van der Waals surface area contributed by atoms with Crippen LogP contribution < -0.4 is 5.32 Å². The second kappa shape index (κ2) is 6.33. The Bertz CT molecular complexity index is 486. The van der Waals surface area contributed by atoms with Crippen LogP contribution in [0.1, 0.15) is 42.5 Å². The van der Waals surface area contributed by atoms with Crippen LogP contribution in [0.5, 0.6) is 0 Å². The van der Waals surface area contributed by atoms with Crippen molar-refractivity contribution in [2.75, 3.05) is 19.6 Å². The highest BCUT2D eigenvalue weighted by Gasteiger charge is 2.31. The van der Waals surface area contributed by atoms with Crippen LogP contribution in [0.15, 0.2) is 23.0 Å². The second-order valence-corrected chi connectivity index (χ2v) is 6.12. The van der Waals surface area contributed by atoms with E-state index in [0.717, 1.165) is 38.8 Å². The van der Waals surface area contributed by atoms with Gasteiger partial charge < -0.3 is 14.6 Å². The fourth-order valence-corrected chi connectivity index (χ4v) is 3.00. The van der Waals surface area contributed by atoms with Gasteiger partial charge in [0.25, 0.3) is 5.91 Å². The molecule has 0 radical (unpaired) electrons. The van der Waals surface area contributed by atoms with E-state index in [4.69, 9.17) is 4.42 Å². The molecule has 2 aliphatic rings. The summed E-state index contributed by atoms with van der Waals surface area (Å²) in [4.78, 5) is 26.0. The predicted molar refractivity (Wildman–Crippen MR) is 77.7 cm³/mol. The molecule has 2 heterocycles. The van der Waals surface area contributed by atoms with Crippen LogP contribution in [-0.4, -0.2) is 36.3 Å². The third-order valence-electron chi connectivity index (χ3n) is 4.72. The Morgan fingerprint density at radius 3 is 2.57 bits per heavy atom. The lowest BCUT2D eigenvalue weighted by atomic mass is 9.83. The number of carbonyl (C=O) groups is 2. The fourth-order valence-electron chi connectivity index (χ4n) is 3.00. The van der Waals surface area contributed by atoms with Crippen LogP contribution in [-0.2, 0) is 4.79 Å². The Kier molecular flexibility index (Phi) is 4.27. The maximum atomic E-state index is 12.2. The molecule has 1 saturated heterocycles. The minimum Gasteiger partial charge on any atom is -0.472 e. The van der Waals surface area contributed by atoms with Crippen molar-refractivity contribution in [1.29, 1.82) is 0 Å². The van der Waals surface area contributed by atoms with Crippen LogP contribution in [0, 0.1) is 11.8 Å². The van der Waals surface area contributed by atoms with Crippen LogP contribution in [0.4, 0.5) is 0 Å². The zero-order valence-corrected chi connectivity index (χ0v) is 12.2. The summed E-state index contributed by atoms with van der Waals surface area (Å²) < 4.78 is 4.90. The number of rotatable bonds is 4. The van der Waals surface area contributed by atoms with E-state index in [1.807, 2.05) is 4.90 Å². The smallest absolute Gasteiger partial charge is 0.254 e. The van der Waals surface area contributed by atoms with Gasteiger partial charge in [-0.1, -0.05) is 6.42 Å². The molecular weight excluding hydrogens is 268 g/mol. The van der Waals surface area contributed by atoms with Crippen LogP contribution in [0.2, 0.25) is 0 Å². The van der Waals surface area contributed by atoms with Gasteiger partial charge in [0.15, 0.2) is 0 Å². The lowest BCUT2D eigenvalue weighted by Crippen LogP contribution is -2.45. The van der Waals surface area contributed by atoms with Crippen LogP contribution in [0.25, 0.3) is 0 Å². The first-order chi connectivity index (χ1) is 10.2. The van der Waals surface area contributed by atoms with Crippen molar-refractivity contribution in [2.45, 2.75) is 32.1 Å². The van der Waals surface area contributed by atoms with Gasteiger partial charge in [0.2, 0.25) is 5.91 Å². The minimum atomic E-state index is -0.0864. The molecule has 2 fully saturated rings. The summed E-state index contributed by atoms with van der Waals surface area (Å²) in [7, 11) is 0. The largest absolute Gasteiger partial charge is 0.472 e. The highest BCUT2D eigenvalue weighted by Crippen LogP contribution is 2.29. The molecule has 0 aromatic carbocycles. The van der Waals surface area contributed by atoms with E-state index in [2.05, 4.69) is 5.32 Å². The Morgan fingerprint density at radius 2 is 2.00 bits per heavy atom. The van der Waals surface area contributed by atoms with Crippen molar-refractivity contribution >= 4 is 11.8 Å². The molecule has 3 rings (SSSR count). The van der Waals surface area contributed by atoms with Gasteiger partial charge in [-0.25, -0.2) is 0 Å². The average Bonchev–Trinajstić information content (AvgIpc) is 2.97. The van der Waals surface area contributed by atoms with Crippen molar-refractivity contribution in [3.05, 3.63) is 24.2 Å². The zero-order chi connectivity index (χ0) is 14.7. The molecule has 0 spiro atoms. The molecule has 0 bridgehead atoms. The normalized spacial score (nSPS) is 20.1. The maximum Gasteiger partial charge on any atom is 0.254 e. The van der Waals surface area contributed by atoms with Gasteiger partial charge >= 0.3 is 0 Å². The predicted octanol–water partition coefficient (Wildman–Crippen LogP) is 2.05. The lowest BCUT2D eigenvalue weighted by molar-refractivity contribution is -0.139. The third kappa shape index (κ3) is 3.28. The summed E-state index contributed by atoms with van der Waals surface area (Å²) in [6, 6.07) is 1.66. The number of amides is 2. The first-order valence-electron chi connectivity index (χ1n) is 7.83. The Hall–Kier alpha value is -1.78. The molecule has 1 N–H and O–H groups in total. The van der Waals surface area contributed by atoms with E-state index in [9.17, 15) is 9.59 Å². The monoisotopic (exact) mass is 290 g/mol. The van der Waals surface area contributed by atoms with Gasteiger partial charge in [-0.3, -0.25) is 9.59 Å². The number of carbonyl (C=O) groups excluding carboxylic acids is 2. The summed E-state index contributed by atoms with van der Waals surface area (Å²) in [5.74, 6) is 1.02. The van der Waals surface area contributed by atoms with Gasteiger partial charge in [0, 0.05) is 25.6 Å². The first kappa shape index (κ1) is 14.2. The number of nitrogens with one attached hydrogen (secondary N) is 1. The molecule has 1 aromatic heterocycles. The summed E-state index contributed by atoms with van der Waals surface area (Å²) in [6.07, 6.45) is 8.24. The van der Waals surface area contributed by atoms with E-state index < -0.39 is 0 Å². The average molecular weight is 290 g/mol. The molecule has 1 aliphatic carbocycles. The standard InChI is InChI=1S/C16H22N2O3/c19-15(14-6-9-21-11-14)17-10-12-4-7-18(8-5-12)16(20)13-2-1-3-13/h6,9,11-13H,1-5,7-8,10H2,(H,17,19). The van der Waals surface area contributed by atoms with Gasteiger partial charge in [-0.2, -0.15) is 0 Å². The summed E-state index contributed by atoms with van der Waals surface area (Å²) in [5.41, 5.74) is 0.563. The number of likely N-dealkylation sites (tertiary alicyclic amines) is 1. The van der Waals surface area contributed by atoms with E-state index in [0.29, 0.717) is 29.9 Å². The highest BCUT2D eigenvalue weighted by molar-refractivity contribution is 5.93. The molecule has 5 nitrogen and oxygen atoms in total. The van der Waals surface area contributed by atoms with Gasteiger partial charge in [0.1, 0.15) is 6.26 Å². The molecule has 0 atom stereocenters. The topological polar surface area (TPSA) is 62.6 Å². The van der Waals surface area contributed by atoms with Crippen molar-refractivity contribution in [3.63, 3.8) is 0 Å². The first-order valence-corrected chi connectivity index (χ1v) is 7.83. The number of hydrogen-bond acceptors (Lipinski definition) is 3. The van der Waals surface area contributed by atoms with E-state index in [1.165, 1.54) is 18.9 Å². The Morgan fingerprint density at radius 1 is 1.24 bits per heavy atom. The van der Waals surface area contributed by atoms with Crippen molar-refractivity contribution < 1.29 is 14.0 Å². The second-order valence-electron chi connectivity index (χ2n) is 6.12. The molecule has 1 aromatic rings. The summed E-state index contributed by atoms with van der Waals surface area (Å²) in [6.45, 7) is 2.35. The Labute approximate surface area is 124 Å².